The second kappa shape index (κ2) is 12.5. The fourth-order valence-corrected chi connectivity index (χ4v) is 1.89. The zero-order valence-electron chi connectivity index (χ0n) is 11.6. The summed E-state index contributed by atoms with van der Waals surface area (Å²) in [4.78, 5) is 0. The van der Waals surface area contributed by atoms with Crippen molar-refractivity contribution in [1.82, 2.24) is 0 Å². The highest BCUT2D eigenvalue weighted by atomic mass is 14.0. The maximum Gasteiger partial charge on any atom is -0.0282 e. The molecule has 0 bridgehead atoms. The highest BCUT2D eigenvalue weighted by Crippen LogP contribution is 2.13. The summed E-state index contributed by atoms with van der Waals surface area (Å²) in [5.74, 6) is 0. The molecule has 0 aliphatic heterocycles. The SMILES string of the molecule is CC/C=C\C(=C/CC)CCCCCCCC. The Morgan fingerprint density at radius 3 is 2.12 bits per heavy atom. The molecule has 0 aliphatic carbocycles. The predicted molar refractivity (Wildman–Crippen MR) is 75.8 cm³/mol. The minimum Gasteiger partial charge on any atom is -0.0845 e. The normalized spacial score (nSPS) is 12.6. The van der Waals surface area contributed by atoms with Crippen LogP contribution < -0.4 is 0 Å². The summed E-state index contributed by atoms with van der Waals surface area (Å²) in [5, 5.41) is 0. The summed E-state index contributed by atoms with van der Waals surface area (Å²) in [6.45, 7) is 6.70. The quantitative estimate of drug-likeness (QED) is 0.312. The molecule has 94 valence electrons. The first kappa shape index (κ1) is 15.5. The topological polar surface area (TPSA) is 0 Å². The van der Waals surface area contributed by atoms with Crippen molar-refractivity contribution < 1.29 is 0 Å². The van der Waals surface area contributed by atoms with E-state index in [1.165, 1.54) is 51.4 Å². The summed E-state index contributed by atoms with van der Waals surface area (Å²) in [6.07, 6.45) is 18.9. The van der Waals surface area contributed by atoms with Crippen LogP contribution in [0.4, 0.5) is 0 Å². The van der Waals surface area contributed by atoms with Gasteiger partial charge in [-0.2, -0.15) is 0 Å². The molecule has 0 amide bonds. The van der Waals surface area contributed by atoms with Crippen LogP contribution in [0, 0.1) is 0 Å². The monoisotopic (exact) mass is 222 g/mol. The molecule has 0 heteroatoms. The van der Waals surface area contributed by atoms with Gasteiger partial charge in [0.05, 0.1) is 0 Å². The first-order valence-electron chi connectivity index (χ1n) is 7.20. The van der Waals surface area contributed by atoms with Crippen molar-refractivity contribution in [2.75, 3.05) is 0 Å². The molecule has 0 N–H and O–H groups in total. The fourth-order valence-electron chi connectivity index (χ4n) is 1.89. The van der Waals surface area contributed by atoms with Crippen molar-refractivity contribution in [2.24, 2.45) is 0 Å². The van der Waals surface area contributed by atoms with Gasteiger partial charge < -0.3 is 0 Å². The van der Waals surface area contributed by atoms with Crippen molar-refractivity contribution in [3.63, 3.8) is 0 Å². The Labute approximate surface area is 103 Å². The Morgan fingerprint density at radius 2 is 1.50 bits per heavy atom. The Hall–Kier alpha value is -0.520. The van der Waals surface area contributed by atoms with Gasteiger partial charge in [-0.3, -0.25) is 0 Å². The fraction of sp³-hybridized carbons (Fsp3) is 0.750. The number of unbranched alkanes of at least 4 members (excludes halogenated alkanes) is 5. The van der Waals surface area contributed by atoms with E-state index < -0.39 is 0 Å². The molecule has 0 unspecified atom stereocenters. The first-order valence-corrected chi connectivity index (χ1v) is 7.20. The highest BCUT2D eigenvalue weighted by Gasteiger charge is 1.93. The van der Waals surface area contributed by atoms with Gasteiger partial charge in [0.15, 0.2) is 0 Å². The van der Waals surface area contributed by atoms with Crippen LogP contribution in [-0.4, -0.2) is 0 Å². The molecule has 0 aliphatic rings. The Kier molecular flexibility index (Phi) is 12.1. The van der Waals surface area contributed by atoms with Crippen LogP contribution in [0.1, 0.15) is 78.6 Å². The molecule has 0 fully saturated rings. The molecular formula is C16H30. The molecule has 0 radical (unpaired) electrons. The molecule has 0 aromatic rings. The largest absolute Gasteiger partial charge is 0.0845 e. The molecule has 16 heavy (non-hydrogen) atoms. The van der Waals surface area contributed by atoms with E-state index in [0.29, 0.717) is 0 Å². The summed E-state index contributed by atoms with van der Waals surface area (Å²) >= 11 is 0. The van der Waals surface area contributed by atoms with E-state index in [2.05, 4.69) is 39.0 Å². The third kappa shape index (κ3) is 10.0. The summed E-state index contributed by atoms with van der Waals surface area (Å²) in [7, 11) is 0. The van der Waals surface area contributed by atoms with E-state index in [0.717, 1.165) is 6.42 Å². The molecule has 0 saturated carbocycles. The third-order valence-corrected chi connectivity index (χ3v) is 2.85. The third-order valence-electron chi connectivity index (χ3n) is 2.85. The lowest BCUT2D eigenvalue weighted by atomic mass is 10.0. The molecule has 0 aromatic heterocycles. The van der Waals surface area contributed by atoms with E-state index in [4.69, 9.17) is 0 Å². The number of rotatable bonds is 10. The van der Waals surface area contributed by atoms with E-state index in [9.17, 15) is 0 Å². The average molecular weight is 222 g/mol. The maximum absolute atomic E-state index is 2.37. The van der Waals surface area contributed by atoms with Gasteiger partial charge in [0.25, 0.3) is 0 Å². The van der Waals surface area contributed by atoms with Crippen molar-refractivity contribution in [2.45, 2.75) is 78.6 Å². The standard InChI is InChI=1S/C16H30/c1-4-7-9-10-11-12-15-16(13-6-3)14-8-5-2/h8,13-14H,4-7,9-12,15H2,1-3H3/b14-8-,16-13+. The van der Waals surface area contributed by atoms with Crippen LogP contribution in [-0.2, 0) is 0 Å². The lowest BCUT2D eigenvalue weighted by Gasteiger charge is -2.03. The zero-order valence-corrected chi connectivity index (χ0v) is 11.6. The van der Waals surface area contributed by atoms with Gasteiger partial charge in [-0.25, -0.2) is 0 Å². The van der Waals surface area contributed by atoms with Crippen molar-refractivity contribution >= 4 is 0 Å². The van der Waals surface area contributed by atoms with Crippen LogP contribution in [0.25, 0.3) is 0 Å². The predicted octanol–water partition coefficient (Wildman–Crippen LogP) is 6.04. The van der Waals surface area contributed by atoms with Gasteiger partial charge in [0, 0.05) is 0 Å². The Morgan fingerprint density at radius 1 is 0.812 bits per heavy atom. The summed E-state index contributed by atoms with van der Waals surface area (Å²) in [6, 6.07) is 0. The number of allylic oxidation sites excluding steroid dienone is 4. The molecule has 0 nitrogen and oxygen atoms in total. The van der Waals surface area contributed by atoms with Gasteiger partial charge in [0.1, 0.15) is 0 Å². The van der Waals surface area contributed by atoms with Gasteiger partial charge in [-0.1, -0.05) is 76.7 Å². The van der Waals surface area contributed by atoms with Crippen LogP contribution in [0.3, 0.4) is 0 Å². The van der Waals surface area contributed by atoms with E-state index in [1.54, 1.807) is 5.57 Å². The summed E-state index contributed by atoms with van der Waals surface area (Å²) in [5.41, 5.74) is 1.54. The molecule has 0 heterocycles. The van der Waals surface area contributed by atoms with Gasteiger partial charge in [0.2, 0.25) is 0 Å². The Bertz CT molecular complexity index is 186. The number of hydrogen-bond donors (Lipinski definition) is 0. The van der Waals surface area contributed by atoms with Gasteiger partial charge in [-0.05, 0) is 25.7 Å². The maximum atomic E-state index is 2.37. The van der Waals surface area contributed by atoms with E-state index in [-0.39, 0.29) is 0 Å². The van der Waals surface area contributed by atoms with Crippen molar-refractivity contribution in [1.29, 1.82) is 0 Å². The lowest BCUT2D eigenvalue weighted by Crippen LogP contribution is -1.83. The van der Waals surface area contributed by atoms with Gasteiger partial charge >= 0.3 is 0 Å². The Balaban J connectivity index is 3.61. The van der Waals surface area contributed by atoms with Crippen molar-refractivity contribution in [3.05, 3.63) is 23.8 Å². The minimum atomic E-state index is 1.15. The van der Waals surface area contributed by atoms with Crippen LogP contribution in [0.5, 0.6) is 0 Å². The van der Waals surface area contributed by atoms with Crippen LogP contribution in [0.2, 0.25) is 0 Å². The van der Waals surface area contributed by atoms with E-state index in [1.807, 2.05) is 0 Å². The molecular weight excluding hydrogens is 192 g/mol. The summed E-state index contributed by atoms with van der Waals surface area (Å²) < 4.78 is 0. The second-order valence-corrected chi connectivity index (χ2v) is 4.52. The molecule has 0 aromatic carbocycles. The van der Waals surface area contributed by atoms with Crippen molar-refractivity contribution in [3.8, 4) is 0 Å². The first-order chi connectivity index (χ1) is 7.85. The van der Waals surface area contributed by atoms with E-state index >= 15 is 0 Å². The molecule has 0 rings (SSSR count). The van der Waals surface area contributed by atoms with Crippen LogP contribution in [0.15, 0.2) is 23.8 Å². The lowest BCUT2D eigenvalue weighted by molar-refractivity contribution is 0.608. The van der Waals surface area contributed by atoms with Crippen LogP contribution >= 0.6 is 0 Å². The minimum absolute atomic E-state index is 1.15. The smallest absolute Gasteiger partial charge is 0.0282 e. The van der Waals surface area contributed by atoms with Gasteiger partial charge in [-0.15, -0.1) is 0 Å². The molecule has 0 saturated heterocycles. The highest BCUT2D eigenvalue weighted by molar-refractivity contribution is 5.18. The molecule has 0 atom stereocenters. The number of hydrogen-bond acceptors (Lipinski definition) is 0. The zero-order chi connectivity index (χ0) is 12.1. The second-order valence-electron chi connectivity index (χ2n) is 4.52. The molecule has 0 spiro atoms. The average Bonchev–Trinajstić information content (AvgIpc) is 2.30.